The number of benzene rings is 1. The monoisotopic (exact) mass is 232 g/mol. The van der Waals surface area contributed by atoms with Crippen molar-refractivity contribution in [3.63, 3.8) is 0 Å². The summed E-state index contributed by atoms with van der Waals surface area (Å²) in [6.45, 7) is 1.94. The van der Waals surface area contributed by atoms with E-state index in [2.05, 4.69) is 10.5 Å². The zero-order valence-electron chi connectivity index (χ0n) is 9.81. The lowest BCUT2D eigenvalue weighted by atomic mass is 10.1. The van der Waals surface area contributed by atoms with E-state index in [1.54, 1.807) is 18.2 Å². The summed E-state index contributed by atoms with van der Waals surface area (Å²) < 4.78 is 0. The van der Waals surface area contributed by atoms with Gasteiger partial charge in [0.25, 0.3) is 0 Å². The van der Waals surface area contributed by atoms with Crippen molar-refractivity contribution in [1.82, 2.24) is 5.43 Å². The fourth-order valence-corrected chi connectivity index (χ4v) is 1.61. The first-order chi connectivity index (χ1) is 8.22. The van der Waals surface area contributed by atoms with Crippen molar-refractivity contribution in [1.29, 1.82) is 0 Å². The molecule has 17 heavy (non-hydrogen) atoms. The summed E-state index contributed by atoms with van der Waals surface area (Å²) in [6, 6.07) is 7.00. The molecule has 0 spiro atoms. The third kappa shape index (κ3) is 2.84. The second-order valence-corrected chi connectivity index (χ2v) is 4.18. The minimum atomic E-state index is -0.0219. The maximum Gasteiger partial charge on any atom is 0.243 e. The number of hydrogen-bond acceptors (Lipinski definition) is 3. The second-order valence-electron chi connectivity index (χ2n) is 4.18. The Hall–Kier alpha value is -1.84. The van der Waals surface area contributed by atoms with Crippen LogP contribution in [0.5, 0.6) is 5.75 Å². The van der Waals surface area contributed by atoms with E-state index in [0.717, 1.165) is 12.8 Å². The molecule has 1 aromatic rings. The minimum absolute atomic E-state index is 0.0219. The Kier molecular flexibility index (Phi) is 3.42. The van der Waals surface area contributed by atoms with Crippen LogP contribution in [-0.2, 0) is 4.79 Å². The molecule has 2 N–H and O–H groups in total. The number of hydrazone groups is 1. The lowest BCUT2D eigenvalue weighted by Crippen LogP contribution is -2.21. The Morgan fingerprint density at radius 2 is 2.18 bits per heavy atom. The fraction of sp³-hybridized carbons (Fsp3) is 0.385. The van der Waals surface area contributed by atoms with Gasteiger partial charge in [0.05, 0.1) is 5.71 Å². The van der Waals surface area contributed by atoms with E-state index in [1.165, 1.54) is 0 Å². The van der Waals surface area contributed by atoms with Crippen LogP contribution in [0.4, 0.5) is 0 Å². The number of hydrogen-bond donors (Lipinski definition) is 2. The van der Waals surface area contributed by atoms with E-state index < -0.39 is 0 Å². The molecule has 0 radical (unpaired) electrons. The first-order valence-corrected chi connectivity index (χ1v) is 5.87. The molecule has 90 valence electrons. The molecule has 1 aliphatic carbocycles. The summed E-state index contributed by atoms with van der Waals surface area (Å²) in [5, 5.41) is 13.8. The molecule has 0 heterocycles. The number of carbonyl (C=O) groups is 1. The molecular weight excluding hydrogens is 216 g/mol. The molecule has 0 saturated heterocycles. The number of nitrogens with zero attached hydrogens (tertiary/aromatic N) is 1. The predicted octanol–water partition coefficient (Wildman–Crippen LogP) is 2.03. The fourth-order valence-electron chi connectivity index (χ4n) is 1.61. The Morgan fingerprint density at radius 3 is 2.76 bits per heavy atom. The van der Waals surface area contributed by atoms with Gasteiger partial charge in [-0.2, -0.15) is 5.10 Å². The van der Waals surface area contributed by atoms with E-state index in [-0.39, 0.29) is 17.6 Å². The van der Waals surface area contributed by atoms with Crippen LogP contribution in [0.1, 0.15) is 31.7 Å². The van der Waals surface area contributed by atoms with Crippen LogP contribution in [0.15, 0.2) is 29.4 Å². The van der Waals surface area contributed by atoms with Crippen LogP contribution in [0.3, 0.4) is 0 Å². The molecule has 1 saturated carbocycles. The molecule has 1 fully saturated rings. The topological polar surface area (TPSA) is 61.7 Å². The van der Waals surface area contributed by atoms with E-state index in [1.807, 2.05) is 13.0 Å². The van der Waals surface area contributed by atoms with Gasteiger partial charge in [0.15, 0.2) is 0 Å². The highest BCUT2D eigenvalue weighted by molar-refractivity contribution is 6.03. The first-order valence-electron chi connectivity index (χ1n) is 5.87. The Morgan fingerprint density at radius 1 is 1.47 bits per heavy atom. The van der Waals surface area contributed by atoms with Gasteiger partial charge in [0.1, 0.15) is 5.75 Å². The van der Waals surface area contributed by atoms with Crippen molar-refractivity contribution in [2.45, 2.75) is 26.2 Å². The van der Waals surface area contributed by atoms with Gasteiger partial charge >= 0.3 is 0 Å². The van der Waals surface area contributed by atoms with Gasteiger partial charge in [-0.1, -0.05) is 19.1 Å². The molecule has 1 amide bonds. The van der Waals surface area contributed by atoms with Crippen LogP contribution in [0.2, 0.25) is 0 Å². The molecule has 4 heteroatoms. The van der Waals surface area contributed by atoms with Gasteiger partial charge < -0.3 is 5.11 Å². The maximum absolute atomic E-state index is 11.5. The Balaban J connectivity index is 2.12. The van der Waals surface area contributed by atoms with Gasteiger partial charge in [0.2, 0.25) is 5.91 Å². The average molecular weight is 232 g/mol. The van der Waals surface area contributed by atoms with Crippen molar-refractivity contribution < 1.29 is 9.90 Å². The van der Waals surface area contributed by atoms with Crippen LogP contribution in [0.25, 0.3) is 0 Å². The van der Waals surface area contributed by atoms with Crippen LogP contribution < -0.4 is 5.43 Å². The maximum atomic E-state index is 11.5. The summed E-state index contributed by atoms with van der Waals surface area (Å²) in [7, 11) is 0. The molecular formula is C13H16N2O2. The summed E-state index contributed by atoms with van der Waals surface area (Å²) in [6.07, 6.45) is 2.57. The standard InChI is InChI=1S/C13H16N2O2/c1-2-11(10-5-3-4-6-12(10)16)14-15-13(17)9-7-8-9/h3-6,9,16H,2,7-8H2,1H3,(H,15,17)/b14-11+. The quantitative estimate of drug-likeness (QED) is 0.616. The smallest absolute Gasteiger partial charge is 0.243 e. The minimum Gasteiger partial charge on any atom is -0.507 e. The lowest BCUT2D eigenvalue weighted by molar-refractivity contribution is -0.122. The van der Waals surface area contributed by atoms with Crippen molar-refractivity contribution in [3.8, 4) is 5.75 Å². The Bertz CT molecular complexity index is 450. The molecule has 1 aromatic carbocycles. The van der Waals surface area contributed by atoms with Gasteiger partial charge in [-0.15, -0.1) is 0 Å². The van der Waals surface area contributed by atoms with Crippen LogP contribution >= 0.6 is 0 Å². The number of nitrogens with one attached hydrogen (secondary N) is 1. The Labute approximate surface area is 100 Å². The number of phenols is 1. The number of phenolic OH excluding ortho intramolecular Hbond substituents is 1. The molecule has 0 aromatic heterocycles. The van der Waals surface area contributed by atoms with Crippen molar-refractivity contribution in [2.75, 3.05) is 0 Å². The van der Waals surface area contributed by atoms with Crippen molar-refractivity contribution >= 4 is 11.6 Å². The van der Waals surface area contributed by atoms with Gasteiger partial charge in [-0.3, -0.25) is 4.79 Å². The van der Waals surface area contributed by atoms with Crippen LogP contribution in [0, 0.1) is 5.92 Å². The van der Waals surface area contributed by atoms with E-state index in [9.17, 15) is 9.90 Å². The zero-order chi connectivity index (χ0) is 12.3. The highest BCUT2D eigenvalue weighted by Gasteiger charge is 2.29. The molecule has 2 rings (SSSR count). The number of carbonyl (C=O) groups excluding carboxylic acids is 1. The molecule has 0 bridgehead atoms. The third-order valence-corrected chi connectivity index (χ3v) is 2.80. The number of para-hydroxylation sites is 1. The highest BCUT2D eigenvalue weighted by Crippen LogP contribution is 2.28. The SMILES string of the molecule is CC/C(=N\NC(=O)C1CC1)c1ccccc1O. The average Bonchev–Trinajstić information content (AvgIpc) is 3.15. The van der Waals surface area contributed by atoms with Gasteiger partial charge in [0, 0.05) is 11.5 Å². The van der Waals surface area contributed by atoms with Crippen molar-refractivity contribution in [3.05, 3.63) is 29.8 Å². The summed E-state index contributed by atoms with van der Waals surface area (Å²) in [4.78, 5) is 11.5. The van der Waals surface area contributed by atoms with Crippen LogP contribution in [-0.4, -0.2) is 16.7 Å². The first kappa shape index (κ1) is 11.6. The molecule has 4 nitrogen and oxygen atoms in total. The normalized spacial score (nSPS) is 15.7. The summed E-state index contributed by atoms with van der Waals surface area (Å²) >= 11 is 0. The molecule has 0 aliphatic heterocycles. The number of rotatable bonds is 4. The summed E-state index contributed by atoms with van der Waals surface area (Å²) in [5.74, 6) is 0.307. The number of amides is 1. The molecule has 1 aliphatic rings. The predicted molar refractivity (Wildman–Crippen MR) is 65.8 cm³/mol. The van der Waals surface area contributed by atoms with E-state index >= 15 is 0 Å². The summed E-state index contributed by atoms with van der Waals surface area (Å²) in [5.41, 5.74) is 3.92. The lowest BCUT2D eigenvalue weighted by Gasteiger charge is -2.06. The molecule has 0 unspecified atom stereocenters. The third-order valence-electron chi connectivity index (χ3n) is 2.80. The zero-order valence-corrected chi connectivity index (χ0v) is 9.81. The largest absolute Gasteiger partial charge is 0.507 e. The second kappa shape index (κ2) is 4.99. The number of aromatic hydroxyl groups is 1. The van der Waals surface area contributed by atoms with Gasteiger partial charge in [-0.05, 0) is 31.4 Å². The van der Waals surface area contributed by atoms with Crippen molar-refractivity contribution in [2.24, 2.45) is 11.0 Å². The molecule has 0 atom stereocenters. The van der Waals surface area contributed by atoms with E-state index in [4.69, 9.17) is 0 Å². The highest BCUT2D eigenvalue weighted by atomic mass is 16.3. The van der Waals surface area contributed by atoms with Gasteiger partial charge in [-0.25, -0.2) is 5.43 Å². The van der Waals surface area contributed by atoms with E-state index in [0.29, 0.717) is 17.7 Å².